The molecular formula is C33H53N2O3+. The van der Waals surface area contributed by atoms with E-state index in [9.17, 15) is 4.79 Å². The lowest BCUT2D eigenvalue weighted by Gasteiger charge is -2.12. The minimum Gasteiger partial charge on any atom is -0.442 e. The molecule has 5 nitrogen and oxygen atoms in total. The number of aryl methyl sites for hydroxylation is 1. The van der Waals surface area contributed by atoms with Gasteiger partial charge in [0.1, 0.15) is 12.6 Å². The molecule has 3 rings (SSSR count). The van der Waals surface area contributed by atoms with Crippen molar-refractivity contribution >= 4 is 17.0 Å². The molecule has 0 bridgehead atoms. The van der Waals surface area contributed by atoms with Gasteiger partial charge in [0, 0.05) is 37.1 Å². The number of cyclic esters (lactones) is 1. The highest BCUT2D eigenvalue weighted by Crippen LogP contribution is 2.15. The first kappa shape index (κ1) is 30.4. The van der Waals surface area contributed by atoms with Gasteiger partial charge in [-0.2, -0.15) is 4.57 Å². The molecule has 0 N–H and O–H groups in total. The number of hydrogen-bond donors (Lipinski definition) is 0. The summed E-state index contributed by atoms with van der Waals surface area (Å²) in [6.07, 6.45) is 22.9. The van der Waals surface area contributed by atoms with Crippen molar-refractivity contribution < 1.29 is 18.8 Å². The van der Waals surface area contributed by atoms with Crippen LogP contribution in [-0.4, -0.2) is 43.4 Å². The minimum atomic E-state index is -0.187. The Kier molecular flexibility index (Phi) is 15.2. The summed E-state index contributed by atoms with van der Waals surface area (Å²) in [6.45, 7) is 5.93. The topological polar surface area (TPSA) is 42.7 Å². The Balaban J connectivity index is 1.12. The van der Waals surface area contributed by atoms with Crippen LogP contribution >= 0.6 is 0 Å². The maximum absolute atomic E-state index is 12.2. The number of pyridine rings is 1. The highest BCUT2D eigenvalue weighted by Gasteiger charge is 2.30. The molecule has 1 aliphatic heterocycles. The molecule has 0 aliphatic carbocycles. The number of amides is 1. The largest absolute Gasteiger partial charge is 0.442 e. The summed E-state index contributed by atoms with van der Waals surface area (Å²) in [6, 6.07) is 12.7. The lowest BCUT2D eigenvalue weighted by Crippen LogP contribution is -2.34. The van der Waals surface area contributed by atoms with Crippen LogP contribution in [0, 0.1) is 0 Å². The number of carbonyl (C=O) groups excluding carboxylic acids is 1. The molecule has 1 amide bonds. The summed E-state index contributed by atoms with van der Waals surface area (Å²) in [5, 5.41) is 1.26. The zero-order chi connectivity index (χ0) is 26.7. The summed E-state index contributed by atoms with van der Waals surface area (Å²) in [4.78, 5) is 14.1. The van der Waals surface area contributed by atoms with Gasteiger partial charge in [-0.1, -0.05) is 103 Å². The van der Waals surface area contributed by atoms with Gasteiger partial charge < -0.3 is 14.4 Å². The van der Waals surface area contributed by atoms with E-state index in [-0.39, 0.29) is 12.2 Å². The van der Waals surface area contributed by atoms with E-state index in [4.69, 9.17) is 9.47 Å². The molecule has 0 saturated carbocycles. The SMILES string of the molecule is CCCCCCCCCCCCCCCCOCC1CN(CCCC[n+]2cccc3ccccc32)C(=O)O1. The Morgan fingerprint density at radius 2 is 1.45 bits per heavy atom. The van der Waals surface area contributed by atoms with Crippen LogP contribution in [-0.2, 0) is 16.0 Å². The van der Waals surface area contributed by atoms with Crippen molar-refractivity contribution in [2.45, 2.75) is 122 Å². The van der Waals surface area contributed by atoms with E-state index in [0.29, 0.717) is 13.2 Å². The number of aromatic nitrogens is 1. The lowest BCUT2D eigenvalue weighted by molar-refractivity contribution is -0.671. The number of para-hydroxylation sites is 1. The molecule has 1 aliphatic rings. The van der Waals surface area contributed by atoms with Gasteiger partial charge in [0.05, 0.1) is 13.2 Å². The van der Waals surface area contributed by atoms with Crippen LogP contribution in [0.25, 0.3) is 10.9 Å². The van der Waals surface area contributed by atoms with E-state index in [0.717, 1.165) is 39.0 Å². The van der Waals surface area contributed by atoms with Gasteiger partial charge in [-0.25, -0.2) is 4.79 Å². The van der Waals surface area contributed by atoms with Crippen LogP contribution in [0.4, 0.5) is 4.79 Å². The molecular weight excluding hydrogens is 472 g/mol. The summed E-state index contributed by atoms with van der Waals surface area (Å²) in [5.41, 5.74) is 1.26. The van der Waals surface area contributed by atoms with Gasteiger partial charge in [0.25, 0.3) is 0 Å². The zero-order valence-corrected chi connectivity index (χ0v) is 24.1. The fraction of sp³-hybridized carbons (Fsp3) is 0.697. The number of hydrogen-bond acceptors (Lipinski definition) is 3. The molecule has 1 saturated heterocycles. The monoisotopic (exact) mass is 525 g/mol. The fourth-order valence-electron chi connectivity index (χ4n) is 5.46. The molecule has 5 heteroatoms. The van der Waals surface area contributed by atoms with Crippen LogP contribution in [0.2, 0.25) is 0 Å². The lowest BCUT2D eigenvalue weighted by atomic mass is 10.0. The first-order valence-corrected chi connectivity index (χ1v) is 15.7. The van der Waals surface area contributed by atoms with Crippen molar-refractivity contribution in [1.29, 1.82) is 0 Å². The number of unbranched alkanes of at least 4 members (excludes halogenated alkanes) is 14. The number of benzene rings is 1. The third kappa shape index (κ3) is 11.7. The average molecular weight is 526 g/mol. The molecule has 212 valence electrons. The van der Waals surface area contributed by atoms with E-state index in [1.54, 1.807) is 0 Å². The average Bonchev–Trinajstić information content (AvgIpc) is 3.29. The van der Waals surface area contributed by atoms with E-state index < -0.39 is 0 Å². The van der Waals surface area contributed by atoms with Crippen molar-refractivity contribution in [3.8, 4) is 0 Å². The molecule has 0 radical (unpaired) electrons. The van der Waals surface area contributed by atoms with Crippen LogP contribution < -0.4 is 4.57 Å². The number of rotatable bonds is 22. The summed E-state index contributed by atoms with van der Waals surface area (Å²) < 4.78 is 13.7. The molecule has 1 unspecified atom stereocenters. The molecule has 0 spiro atoms. The van der Waals surface area contributed by atoms with E-state index in [2.05, 4.69) is 54.1 Å². The Morgan fingerprint density at radius 1 is 0.816 bits per heavy atom. The first-order chi connectivity index (χ1) is 18.8. The maximum atomic E-state index is 12.2. The maximum Gasteiger partial charge on any atom is 0.410 e. The summed E-state index contributed by atoms with van der Waals surface area (Å²) in [7, 11) is 0. The third-order valence-corrected chi connectivity index (χ3v) is 7.76. The minimum absolute atomic E-state index is 0.124. The van der Waals surface area contributed by atoms with E-state index in [1.165, 1.54) is 94.4 Å². The second-order valence-corrected chi connectivity index (χ2v) is 11.1. The van der Waals surface area contributed by atoms with E-state index >= 15 is 0 Å². The van der Waals surface area contributed by atoms with Crippen molar-refractivity contribution in [3.05, 3.63) is 42.6 Å². The normalized spacial score (nSPS) is 15.4. The molecule has 1 fully saturated rings. The molecule has 1 aromatic carbocycles. The quantitative estimate of drug-likeness (QED) is 0.115. The standard InChI is InChI=1S/C33H53N2O3/c1-2-3-4-5-6-7-8-9-10-11-12-13-14-19-27-37-29-31-28-35(33(36)38-31)25-18-17-24-34-26-20-22-30-21-15-16-23-32(30)34/h15-16,20-23,26,31H,2-14,17-19,24-25,27-29H2,1H3/q+1. The van der Waals surface area contributed by atoms with Crippen molar-refractivity contribution in [2.24, 2.45) is 0 Å². The highest BCUT2D eigenvalue weighted by molar-refractivity contribution is 5.74. The van der Waals surface area contributed by atoms with Crippen LogP contribution in [0.3, 0.4) is 0 Å². The van der Waals surface area contributed by atoms with Crippen LogP contribution in [0.15, 0.2) is 42.6 Å². The first-order valence-electron chi connectivity index (χ1n) is 15.7. The van der Waals surface area contributed by atoms with Gasteiger partial charge >= 0.3 is 6.09 Å². The Labute approximate surface area is 231 Å². The predicted octanol–water partition coefficient (Wildman–Crippen LogP) is 8.23. The zero-order valence-electron chi connectivity index (χ0n) is 24.1. The van der Waals surface area contributed by atoms with Crippen molar-refractivity contribution in [1.82, 2.24) is 4.90 Å². The summed E-state index contributed by atoms with van der Waals surface area (Å²) >= 11 is 0. The van der Waals surface area contributed by atoms with Gasteiger partial charge in [-0.15, -0.1) is 0 Å². The second kappa shape index (κ2) is 19.0. The van der Waals surface area contributed by atoms with Crippen LogP contribution in [0.5, 0.6) is 0 Å². The highest BCUT2D eigenvalue weighted by atomic mass is 16.6. The third-order valence-electron chi connectivity index (χ3n) is 7.76. The molecule has 2 heterocycles. The van der Waals surface area contributed by atoms with Crippen molar-refractivity contribution in [3.63, 3.8) is 0 Å². The van der Waals surface area contributed by atoms with Gasteiger partial charge in [-0.3, -0.25) is 0 Å². The molecule has 38 heavy (non-hydrogen) atoms. The fourth-order valence-corrected chi connectivity index (χ4v) is 5.46. The number of carbonyl (C=O) groups is 1. The molecule has 1 atom stereocenters. The number of nitrogens with zero attached hydrogens (tertiary/aromatic N) is 2. The van der Waals surface area contributed by atoms with Gasteiger partial charge in [-0.05, 0) is 25.0 Å². The van der Waals surface area contributed by atoms with Crippen molar-refractivity contribution in [2.75, 3.05) is 26.3 Å². The van der Waals surface area contributed by atoms with Gasteiger partial charge in [0.2, 0.25) is 5.52 Å². The Hall–Kier alpha value is -2.14. The van der Waals surface area contributed by atoms with Gasteiger partial charge in [0.15, 0.2) is 6.20 Å². The predicted molar refractivity (Wildman–Crippen MR) is 156 cm³/mol. The number of fused-ring (bicyclic) bond motifs is 1. The summed E-state index contributed by atoms with van der Waals surface area (Å²) in [5.74, 6) is 0. The molecule has 1 aromatic heterocycles. The number of ether oxygens (including phenoxy) is 2. The Bertz CT molecular complexity index is 897. The smallest absolute Gasteiger partial charge is 0.410 e. The Morgan fingerprint density at radius 3 is 2.16 bits per heavy atom. The second-order valence-electron chi connectivity index (χ2n) is 11.1. The van der Waals surface area contributed by atoms with Crippen LogP contribution in [0.1, 0.15) is 110 Å². The molecule has 2 aromatic rings. The van der Waals surface area contributed by atoms with E-state index in [1.807, 2.05) is 4.90 Å².